The van der Waals surface area contributed by atoms with Gasteiger partial charge >= 0.3 is 5.97 Å². The van der Waals surface area contributed by atoms with Crippen LogP contribution in [-0.4, -0.2) is 18.9 Å². The Morgan fingerprint density at radius 1 is 1.56 bits per heavy atom. The molecule has 0 radical (unpaired) electrons. The van der Waals surface area contributed by atoms with Crippen LogP contribution >= 0.6 is 15.9 Å². The van der Waals surface area contributed by atoms with Gasteiger partial charge in [-0.25, -0.2) is 4.39 Å². The van der Waals surface area contributed by atoms with Gasteiger partial charge in [0.25, 0.3) is 0 Å². The van der Waals surface area contributed by atoms with Crippen LogP contribution in [0.3, 0.4) is 0 Å². The Balaban J connectivity index is 2.98. The Bertz CT molecular complexity index is 418. The van der Waals surface area contributed by atoms with Gasteiger partial charge in [0.2, 0.25) is 0 Å². The number of carbonyl (C=O) groups excluding carboxylic acids is 2. The summed E-state index contributed by atoms with van der Waals surface area (Å²) in [6.07, 6.45) is 0.415. The van der Waals surface area contributed by atoms with Gasteiger partial charge < -0.3 is 4.74 Å². The van der Waals surface area contributed by atoms with Crippen LogP contribution < -0.4 is 0 Å². The molecule has 0 bridgehead atoms. The average molecular weight is 289 g/mol. The molecular formula is C11H10BrFO3. The first-order chi connectivity index (χ1) is 7.58. The molecule has 0 aliphatic heterocycles. The maximum Gasteiger partial charge on any atom is 0.310 e. The molecule has 0 saturated heterocycles. The van der Waals surface area contributed by atoms with Crippen LogP contribution in [0.25, 0.3) is 0 Å². The summed E-state index contributed by atoms with van der Waals surface area (Å²) in [5.41, 5.74) is 0.461. The summed E-state index contributed by atoms with van der Waals surface area (Å²) in [6, 6.07) is 2.70. The molecule has 3 nitrogen and oxygen atoms in total. The zero-order chi connectivity index (χ0) is 12.1. The topological polar surface area (TPSA) is 43.4 Å². The second-order valence-corrected chi connectivity index (χ2v) is 3.93. The van der Waals surface area contributed by atoms with E-state index in [0.29, 0.717) is 11.8 Å². The Morgan fingerprint density at radius 3 is 2.81 bits per heavy atom. The van der Waals surface area contributed by atoms with Gasteiger partial charge in [-0.15, -0.1) is 0 Å². The van der Waals surface area contributed by atoms with Gasteiger partial charge in [-0.3, -0.25) is 9.59 Å². The van der Waals surface area contributed by atoms with Gasteiger partial charge in [-0.2, -0.15) is 0 Å². The molecule has 1 aromatic carbocycles. The second kappa shape index (κ2) is 5.75. The number of carbonyl (C=O) groups is 2. The summed E-state index contributed by atoms with van der Waals surface area (Å²) in [4.78, 5) is 21.8. The van der Waals surface area contributed by atoms with Gasteiger partial charge in [0.15, 0.2) is 0 Å². The lowest BCUT2D eigenvalue weighted by Crippen LogP contribution is -2.09. The molecule has 0 spiro atoms. The first kappa shape index (κ1) is 12.8. The Morgan fingerprint density at radius 2 is 2.25 bits per heavy atom. The Labute approximate surface area is 101 Å². The summed E-state index contributed by atoms with van der Waals surface area (Å²) in [7, 11) is 0. The number of benzene rings is 1. The molecule has 0 amide bonds. The molecule has 0 aromatic heterocycles. The highest BCUT2D eigenvalue weighted by Gasteiger charge is 2.13. The van der Waals surface area contributed by atoms with Gasteiger partial charge in [0, 0.05) is 11.1 Å². The van der Waals surface area contributed by atoms with E-state index < -0.39 is 11.8 Å². The number of rotatable bonds is 4. The maximum atomic E-state index is 13.5. The lowest BCUT2D eigenvalue weighted by molar-refractivity contribution is -0.142. The highest BCUT2D eigenvalue weighted by molar-refractivity contribution is 9.10. The minimum atomic E-state index is -0.543. The number of halogens is 2. The molecule has 0 saturated carbocycles. The van der Waals surface area contributed by atoms with E-state index >= 15 is 0 Å². The van der Waals surface area contributed by atoms with E-state index in [9.17, 15) is 14.0 Å². The third-order valence-corrected chi connectivity index (χ3v) is 2.48. The smallest absolute Gasteiger partial charge is 0.310 e. The summed E-state index contributed by atoms with van der Waals surface area (Å²) < 4.78 is 18.4. The molecule has 5 heteroatoms. The molecule has 0 fully saturated rings. The van der Waals surface area contributed by atoms with Crippen LogP contribution in [-0.2, 0) is 16.0 Å². The van der Waals surface area contributed by atoms with Crippen LogP contribution in [0.1, 0.15) is 22.8 Å². The van der Waals surface area contributed by atoms with Crippen LogP contribution in [0.15, 0.2) is 16.6 Å². The monoisotopic (exact) mass is 288 g/mol. The minimum Gasteiger partial charge on any atom is -0.466 e. The standard InChI is InChI=1S/C11H10BrFO3/c1-2-16-10(15)5-8-3-7(6-14)4-9(12)11(8)13/h3-4,6H,2,5H2,1H3. The molecule has 0 N–H and O–H groups in total. The van der Waals surface area contributed by atoms with E-state index in [1.165, 1.54) is 12.1 Å². The van der Waals surface area contributed by atoms with Crippen molar-refractivity contribution in [3.63, 3.8) is 0 Å². The van der Waals surface area contributed by atoms with Crippen molar-refractivity contribution in [2.24, 2.45) is 0 Å². The number of esters is 1. The predicted octanol–water partition coefficient (Wildman–Crippen LogP) is 2.51. The minimum absolute atomic E-state index is 0.148. The van der Waals surface area contributed by atoms with Crippen molar-refractivity contribution in [1.82, 2.24) is 0 Å². The molecule has 1 aromatic rings. The molecule has 0 heterocycles. The molecule has 0 aliphatic carbocycles. The molecule has 0 unspecified atom stereocenters. The predicted molar refractivity (Wildman–Crippen MR) is 59.8 cm³/mol. The van der Waals surface area contributed by atoms with E-state index in [0.717, 1.165) is 0 Å². The van der Waals surface area contributed by atoms with E-state index in [1.807, 2.05) is 0 Å². The van der Waals surface area contributed by atoms with E-state index in [1.54, 1.807) is 6.92 Å². The van der Waals surface area contributed by atoms with Crippen LogP contribution in [0.5, 0.6) is 0 Å². The van der Waals surface area contributed by atoms with E-state index in [2.05, 4.69) is 15.9 Å². The van der Waals surface area contributed by atoms with Crippen molar-refractivity contribution >= 4 is 28.2 Å². The van der Waals surface area contributed by atoms with Crippen LogP contribution in [0.4, 0.5) is 4.39 Å². The molecule has 0 atom stereocenters. The summed E-state index contributed by atoms with van der Waals surface area (Å²) in [6.45, 7) is 1.92. The first-order valence-corrected chi connectivity index (χ1v) is 5.46. The van der Waals surface area contributed by atoms with Crippen molar-refractivity contribution in [2.45, 2.75) is 13.3 Å². The molecule has 86 valence electrons. The van der Waals surface area contributed by atoms with E-state index in [-0.39, 0.29) is 23.1 Å². The highest BCUT2D eigenvalue weighted by Crippen LogP contribution is 2.21. The Hall–Kier alpha value is -1.23. The molecule has 16 heavy (non-hydrogen) atoms. The SMILES string of the molecule is CCOC(=O)Cc1cc(C=O)cc(Br)c1F. The summed E-state index contributed by atoms with van der Waals surface area (Å²) in [5, 5.41) is 0. The molecule has 1 rings (SSSR count). The van der Waals surface area contributed by atoms with Crippen molar-refractivity contribution in [3.05, 3.63) is 33.5 Å². The van der Waals surface area contributed by atoms with Crippen LogP contribution in [0, 0.1) is 5.82 Å². The maximum absolute atomic E-state index is 13.5. The van der Waals surface area contributed by atoms with Gasteiger partial charge in [-0.1, -0.05) is 0 Å². The lowest BCUT2D eigenvalue weighted by Gasteiger charge is -2.05. The van der Waals surface area contributed by atoms with Crippen LogP contribution in [0.2, 0.25) is 0 Å². The van der Waals surface area contributed by atoms with Gasteiger partial charge in [0.05, 0.1) is 17.5 Å². The normalized spacial score (nSPS) is 9.94. The number of ether oxygens (including phenoxy) is 1. The molecule has 0 aliphatic rings. The average Bonchev–Trinajstić information content (AvgIpc) is 2.24. The number of hydrogen-bond donors (Lipinski definition) is 0. The van der Waals surface area contributed by atoms with Gasteiger partial charge in [0.1, 0.15) is 12.1 Å². The lowest BCUT2D eigenvalue weighted by atomic mass is 10.1. The largest absolute Gasteiger partial charge is 0.466 e. The first-order valence-electron chi connectivity index (χ1n) is 4.67. The van der Waals surface area contributed by atoms with Crippen molar-refractivity contribution in [3.8, 4) is 0 Å². The third kappa shape index (κ3) is 3.13. The second-order valence-electron chi connectivity index (χ2n) is 3.08. The highest BCUT2D eigenvalue weighted by atomic mass is 79.9. The Kier molecular flexibility index (Phi) is 4.61. The number of aldehydes is 1. The van der Waals surface area contributed by atoms with E-state index in [4.69, 9.17) is 4.74 Å². The quantitative estimate of drug-likeness (QED) is 0.632. The number of hydrogen-bond acceptors (Lipinski definition) is 3. The fourth-order valence-electron chi connectivity index (χ4n) is 1.23. The van der Waals surface area contributed by atoms with Crippen molar-refractivity contribution in [2.75, 3.05) is 6.61 Å². The summed E-state index contributed by atoms with van der Waals surface area (Å²) >= 11 is 2.98. The fourth-order valence-corrected chi connectivity index (χ4v) is 1.75. The zero-order valence-electron chi connectivity index (χ0n) is 8.63. The van der Waals surface area contributed by atoms with Crippen molar-refractivity contribution in [1.29, 1.82) is 0 Å². The summed E-state index contributed by atoms with van der Waals surface area (Å²) in [5.74, 6) is -1.06. The van der Waals surface area contributed by atoms with Gasteiger partial charge in [-0.05, 0) is 35.0 Å². The molecular weight excluding hydrogens is 279 g/mol. The fraction of sp³-hybridized carbons (Fsp3) is 0.273. The zero-order valence-corrected chi connectivity index (χ0v) is 10.2. The van der Waals surface area contributed by atoms with Crippen molar-refractivity contribution < 1.29 is 18.7 Å². The third-order valence-electron chi connectivity index (χ3n) is 1.90.